The molecule has 27 heavy (non-hydrogen) atoms. The van der Waals surface area contributed by atoms with Gasteiger partial charge in [0.15, 0.2) is 6.61 Å². The Hall–Kier alpha value is -0.460. The number of halogens is 1. The van der Waals surface area contributed by atoms with Crippen LogP contribution in [0, 0.1) is 23.7 Å². The van der Waals surface area contributed by atoms with Gasteiger partial charge in [-0.15, -0.1) is 23.4 Å². The number of hydrogen-bond acceptors (Lipinski definition) is 5. The van der Waals surface area contributed by atoms with Gasteiger partial charge in [-0.3, -0.25) is 14.9 Å². The topological polar surface area (TPSA) is 67.4 Å². The molecule has 0 aromatic heterocycles. The van der Waals surface area contributed by atoms with Gasteiger partial charge in [-0.05, 0) is 49.9 Å². The van der Waals surface area contributed by atoms with Gasteiger partial charge >= 0.3 is 5.97 Å². The lowest BCUT2D eigenvalue weighted by Crippen LogP contribution is -2.47. The molecule has 1 aliphatic heterocycles. The number of rotatable bonds is 5. The number of thioether (sulfide) groups is 1. The fourth-order valence-electron chi connectivity index (χ4n) is 4.59. The molecule has 5 nitrogen and oxygen atoms in total. The largest absolute Gasteiger partial charge is 0.455 e. The van der Waals surface area contributed by atoms with E-state index in [1.54, 1.807) is 11.8 Å². The molecule has 0 bridgehead atoms. The Labute approximate surface area is 172 Å². The quantitative estimate of drug-likeness (QED) is 0.530. The Morgan fingerprint density at radius 3 is 2.70 bits per heavy atom. The summed E-state index contributed by atoms with van der Waals surface area (Å²) in [4.78, 5) is 24.3. The summed E-state index contributed by atoms with van der Waals surface area (Å²) in [5.41, 5.74) is -0.0854. The predicted octanol–water partition coefficient (Wildman–Crippen LogP) is 3.50. The maximum Gasteiger partial charge on any atom is 0.309 e. The summed E-state index contributed by atoms with van der Waals surface area (Å²) in [7, 11) is 0. The predicted molar refractivity (Wildman–Crippen MR) is 110 cm³/mol. The Morgan fingerprint density at radius 2 is 1.96 bits per heavy atom. The van der Waals surface area contributed by atoms with Crippen LogP contribution < -0.4 is 10.6 Å². The lowest BCUT2D eigenvalue weighted by Gasteiger charge is -2.35. The molecule has 7 heteroatoms. The van der Waals surface area contributed by atoms with E-state index in [4.69, 9.17) is 16.3 Å². The van der Waals surface area contributed by atoms with E-state index in [2.05, 4.69) is 24.5 Å². The Morgan fingerprint density at radius 1 is 1.15 bits per heavy atom. The maximum atomic E-state index is 12.2. The van der Waals surface area contributed by atoms with Gasteiger partial charge in [0.25, 0.3) is 5.91 Å². The van der Waals surface area contributed by atoms with Crippen molar-refractivity contribution < 1.29 is 14.3 Å². The van der Waals surface area contributed by atoms with E-state index in [9.17, 15) is 9.59 Å². The van der Waals surface area contributed by atoms with E-state index < -0.39 is 0 Å². The van der Waals surface area contributed by atoms with Gasteiger partial charge in [0, 0.05) is 17.2 Å². The third kappa shape index (κ3) is 6.01. The van der Waals surface area contributed by atoms with E-state index in [-0.39, 0.29) is 35.3 Å². The van der Waals surface area contributed by atoms with Crippen LogP contribution in [-0.4, -0.2) is 41.2 Å². The van der Waals surface area contributed by atoms with Gasteiger partial charge in [0.1, 0.15) is 5.50 Å². The summed E-state index contributed by atoms with van der Waals surface area (Å²) < 4.78 is 5.22. The van der Waals surface area contributed by atoms with E-state index in [0.29, 0.717) is 18.4 Å². The van der Waals surface area contributed by atoms with E-state index >= 15 is 0 Å². The van der Waals surface area contributed by atoms with Crippen molar-refractivity contribution in [2.45, 2.75) is 75.7 Å². The zero-order valence-corrected chi connectivity index (χ0v) is 18.0. The molecule has 0 aromatic carbocycles. The molecule has 3 fully saturated rings. The lowest BCUT2D eigenvalue weighted by molar-refractivity contribution is -0.153. The van der Waals surface area contributed by atoms with Crippen molar-refractivity contribution in [3.05, 3.63) is 0 Å². The lowest BCUT2D eigenvalue weighted by atomic mass is 9.73. The number of nitrogens with one attached hydrogen (secondary N) is 2. The molecular weight excluding hydrogens is 384 g/mol. The second kappa shape index (κ2) is 9.84. The third-order valence-corrected chi connectivity index (χ3v) is 8.13. The van der Waals surface area contributed by atoms with Crippen molar-refractivity contribution in [1.82, 2.24) is 10.6 Å². The van der Waals surface area contributed by atoms with Crippen LogP contribution in [0.4, 0.5) is 0 Å². The zero-order chi connectivity index (χ0) is 19.4. The second-order valence-corrected chi connectivity index (χ2v) is 10.4. The standard InChI is InChI=1S/C20H33ClN2O3S/c1-12-6-7-14(8-13(12)2)17-11-27-20(22-17)23-18(24)10-26-19(25)15-4-3-5-16(21)9-15/h12-17,20,22H,3-11H2,1-2H3,(H,23,24). The molecule has 2 saturated carbocycles. The number of hydrogen-bond donors (Lipinski definition) is 2. The summed E-state index contributed by atoms with van der Waals surface area (Å²) in [6, 6.07) is 0.459. The fourth-order valence-corrected chi connectivity index (χ4v) is 6.21. The van der Waals surface area contributed by atoms with Crippen LogP contribution in [0.1, 0.15) is 58.8 Å². The summed E-state index contributed by atoms with van der Waals surface area (Å²) in [5, 5.41) is 6.55. The van der Waals surface area contributed by atoms with Crippen LogP contribution in [-0.2, 0) is 14.3 Å². The number of carbonyl (C=O) groups is 2. The summed E-state index contributed by atoms with van der Waals surface area (Å²) >= 11 is 7.86. The van der Waals surface area contributed by atoms with Gasteiger partial charge < -0.3 is 10.1 Å². The molecule has 2 aliphatic carbocycles. The molecule has 1 saturated heterocycles. The maximum absolute atomic E-state index is 12.2. The second-order valence-electron chi connectivity index (χ2n) is 8.65. The van der Waals surface area contributed by atoms with E-state index in [0.717, 1.165) is 36.9 Å². The SMILES string of the molecule is CC1CCC(C2CSC(NC(=O)COC(=O)C3CCCC(Cl)C3)N2)CC1C. The Balaban J connectivity index is 1.36. The number of carbonyl (C=O) groups excluding carboxylic acids is 2. The van der Waals surface area contributed by atoms with Gasteiger partial charge in [0.05, 0.1) is 5.92 Å². The van der Waals surface area contributed by atoms with E-state index in [1.165, 1.54) is 19.3 Å². The van der Waals surface area contributed by atoms with Crippen LogP contribution in [0.5, 0.6) is 0 Å². The van der Waals surface area contributed by atoms with E-state index in [1.807, 2.05) is 0 Å². The average molecular weight is 417 g/mol. The minimum atomic E-state index is -0.286. The minimum Gasteiger partial charge on any atom is -0.455 e. The first-order chi connectivity index (χ1) is 12.9. The summed E-state index contributed by atoms with van der Waals surface area (Å²) in [6.45, 7) is 4.50. The van der Waals surface area contributed by atoms with Crippen molar-refractivity contribution in [1.29, 1.82) is 0 Å². The highest BCUT2D eigenvalue weighted by Crippen LogP contribution is 2.37. The molecule has 3 aliphatic rings. The van der Waals surface area contributed by atoms with Gasteiger partial charge in [-0.2, -0.15) is 0 Å². The molecule has 1 heterocycles. The van der Waals surface area contributed by atoms with Crippen LogP contribution in [0.15, 0.2) is 0 Å². The van der Waals surface area contributed by atoms with Gasteiger partial charge in [-0.1, -0.05) is 26.7 Å². The first kappa shape index (κ1) is 21.3. The normalized spacial score (nSPS) is 39.7. The van der Waals surface area contributed by atoms with Gasteiger partial charge in [0.2, 0.25) is 0 Å². The van der Waals surface area contributed by atoms with Crippen LogP contribution >= 0.6 is 23.4 Å². The number of esters is 1. The van der Waals surface area contributed by atoms with Crippen molar-refractivity contribution in [3.8, 4) is 0 Å². The third-order valence-electron chi connectivity index (χ3n) is 6.60. The molecule has 0 radical (unpaired) electrons. The van der Waals surface area contributed by atoms with Crippen molar-refractivity contribution >= 4 is 35.2 Å². The van der Waals surface area contributed by atoms with Crippen molar-refractivity contribution in [2.24, 2.45) is 23.7 Å². The Kier molecular flexibility index (Phi) is 7.74. The molecule has 7 atom stereocenters. The zero-order valence-electron chi connectivity index (χ0n) is 16.4. The van der Waals surface area contributed by atoms with Crippen LogP contribution in [0.2, 0.25) is 0 Å². The van der Waals surface area contributed by atoms with Crippen LogP contribution in [0.25, 0.3) is 0 Å². The van der Waals surface area contributed by atoms with Crippen molar-refractivity contribution in [3.63, 3.8) is 0 Å². The minimum absolute atomic E-state index is 0.0478. The fraction of sp³-hybridized carbons (Fsp3) is 0.900. The summed E-state index contributed by atoms with van der Waals surface area (Å²) in [5.74, 6) is 2.63. The molecule has 7 unspecified atom stereocenters. The highest BCUT2D eigenvalue weighted by atomic mass is 35.5. The highest BCUT2D eigenvalue weighted by molar-refractivity contribution is 8.00. The first-order valence-electron chi connectivity index (χ1n) is 10.4. The average Bonchev–Trinajstić information content (AvgIpc) is 3.10. The smallest absolute Gasteiger partial charge is 0.309 e. The molecular formula is C20H33ClN2O3S. The molecule has 154 valence electrons. The highest BCUT2D eigenvalue weighted by Gasteiger charge is 2.35. The van der Waals surface area contributed by atoms with Crippen LogP contribution in [0.3, 0.4) is 0 Å². The summed E-state index contributed by atoms with van der Waals surface area (Å²) in [6.07, 6.45) is 7.20. The first-order valence-corrected chi connectivity index (χ1v) is 11.9. The number of alkyl halides is 1. The molecule has 2 N–H and O–H groups in total. The Bertz CT molecular complexity index is 535. The number of amides is 1. The molecule has 3 rings (SSSR count). The van der Waals surface area contributed by atoms with Crippen molar-refractivity contribution in [2.75, 3.05) is 12.4 Å². The number of ether oxygens (including phenoxy) is 1. The molecule has 1 amide bonds. The molecule has 0 aromatic rings. The molecule has 0 spiro atoms. The monoisotopic (exact) mass is 416 g/mol. The van der Waals surface area contributed by atoms with Gasteiger partial charge in [-0.25, -0.2) is 0 Å².